The highest BCUT2D eigenvalue weighted by atomic mass is 16.2. The third-order valence-corrected chi connectivity index (χ3v) is 2.33. The van der Waals surface area contributed by atoms with Gasteiger partial charge in [0.15, 0.2) is 0 Å². The van der Waals surface area contributed by atoms with Crippen LogP contribution in [-0.2, 0) is 6.42 Å². The largest absolute Gasteiger partial charge is 0.351 e. The molecule has 0 radical (unpaired) electrons. The van der Waals surface area contributed by atoms with Crippen molar-refractivity contribution in [1.82, 2.24) is 5.32 Å². The number of carbonyl (C=O) groups excluding carboxylic acids is 1. The molecule has 1 rings (SSSR count). The fourth-order valence-electron chi connectivity index (χ4n) is 1.43. The van der Waals surface area contributed by atoms with Crippen LogP contribution in [0.5, 0.6) is 0 Å². The summed E-state index contributed by atoms with van der Waals surface area (Å²) in [4.78, 5) is 12.5. The maximum Gasteiger partial charge on any atom is 0.319 e. The molecule has 0 unspecified atom stereocenters. The van der Waals surface area contributed by atoms with Crippen LogP contribution >= 0.6 is 0 Å². The summed E-state index contributed by atoms with van der Waals surface area (Å²) in [6.07, 6.45) is 0.879. The maximum atomic E-state index is 11.1. The number of hydrogen-bond donors (Lipinski definition) is 2. The normalized spacial score (nSPS) is 10.0. The van der Waals surface area contributed by atoms with Crippen LogP contribution in [0, 0.1) is 0 Å². The second-order valence-electron chi connectivity index (χ2n) is 3.38. The van der Waals surface area contributed by atoms with Gasteiger partial charge in [0, 0.05) is 12.7 Å². The number of hydrogen-bond acceptors (Lipinski definition) is 2. The molecule has 4 heteroatoms. The van der Waals surface area contributed by atoms with E-state index in [4.69, 9.17) is 5.73 Å². The Morgan fingerprint density at radius 2 is 2.13 bits per heavy atom. The van der Waals surface area contributed by atoms with Crippen molar-refractivity contribution < 1.29 is 4.79 Å². The van der Waals surface area contributed by atoms with Crippen molar-refractivity contribution in [3.63, 3.8) is 0 Å². The summed E-state index contributed by atoms with van der Waals surface area (Å²) in [5.41, 5.74) is 7.23. The lowest BCUT2D eigenvalue weighted by atomic mass is 10.1. The molecule has 15 heavy (non-hydrogen) atoms. The molecule has 0 fully saturated rings. The van der Waals surface area contributed by atoms with Gasteiger partial charge in [-0.25, -0.2) is 4.79 Å². The van der Waals surface area contributed by atoms with E-state index in [2.05, 4.69) is 5.32 Å². The minimum Gasteiger partial charge on any atom is -0.351 e. The molecule has 2 amide bonds. The van der Waals surface area contributed by atoms with Crippen molar-refractivity contribution in [2.75, 3.05) is 25.5 Å². The minimum absolute atomic E-state index is 0.438. The Balaban J connectivity index is 2.90. The Morgan fingerprint density at radius 3 is 2.73 bits per heavy atom. The predicted molar refractivity (Wildman–Crippen MR) is 62.1 cm³/mol. The number of para-hydroxylation sites is 1. The number of amides is 2. The minimum atomic E-state index is -0.438. The first-order chi connectivity index (χ1) is 7.16. The average molecular weight is 207 g/mol. The van der Waals surface area contributed by atoms with Gasteiger partial charge in [-0.3, -0.25) is 4.90 Å². The van der Waals surface area contributed by atoms with E-state index >= 15 is 0 Å². The molecule has 4 nitrogen and oxygen atoms in total. The van der Waals surface area contributed by atoms with E-state index < -0.39 is 6.03 Å². The second kappa shape index (κ2) is 5.36. The summed E-state index contributed by atoms with van der Waals surface area (Å²) in [5.74, 6) is 0. The lowest BCUT2D eigenvalue weighted by Crippen LogP contribution is -2.32. The summed E-state index contributed by atoms with van der Waals surface area (Å²) in [5, 5.41) is 3.08. The van der Waals surface area contributed by atoms with Gasteiger partial charge >= 0.3 is 6.03 Å². The van der Waals surface area contributed by atoms with Crippen LogP contribution in [0.15, 0.2) is 24.3 Å². The van der Waals surface area contributed by atoms with E-state index in [1.165, 1.54) is 4.90 Å². The van der Waals surface area contributed by atoms with Gasteiger partial charge in [-0.1, -0.05) is 18.2 Å². The molecule has 0 aliphatic heterocycles. The Hall–Kier alpha value is -1.55. The fraction of sp³-hybridized carbons (Fsp3) is 0.364. The number of urea groups is 1. The van der Waals surface area contributed by atoms with Gasteiger partial charge < -0.3 is 11.1 Å². The third-order valence-electron chi connectivity index (χ3n) is 2.33. The maximum absolute atomic E-state index is 11.1. The van der Waals surface area contributed by atoms with Crippen LogP contribution in [-0.4, -0.2) is 26.7 Å². The number of anilines is 1. The number of nitrogens with zero attached hydrogens (tertiary/aromatic N) is 1. The highest BCUT2D eigenvalue weighted by Gasteiger charge is 2.09. The molecule has 0 aliphatic rings. The van der Waals surface area contributed by atoms with Crippen LogP contribution in [0.4, 0.5) is 10.5 Å². The number of rotatable bonds is 4. The van der Waals surface area contributed by atoms with Crippen molar-refractivity contribution in [1.29, 1.82) is 0 Å². The molecule has 0 saturated heterocycles. The van der Waals surface area contributed by atoms with Crippen molar-refractivity contribution in [3.8, 4) is 0 Å². The molecule has 3 N–H and O–H groups in total. The van der Waals surface area contributed by atoms with Crippen molar-refractivity contribution in [2.45, 2.75) is 6.42 Å². The number of benzene rings is 1. The van der Waals surface area contributed by atoms with Crippen molar-refractivity contribution >= 4 is 11.7 Å². The summed E-state index contributed by atoms with van der Waals surface area (Å²) in [7, 11) is 3.58. The number of likely N-dealkylation sites (N-methyl/N-ethyl adjacent to an activating group) is 1. The molecule has 0 aliphatic carbocycles. The van der Waals surface area contributed by atoms with Crippen LogP contribution in [0.3, 0.4) is 0 Å². The number of primary amides is 1. The molecule has 0 spiro atoms. The van der Waals surface area contributed by atoms with Crippen LogP contribution < -0.4 is 16.0 Å². The molecule has 0 bridgehead atoms. The summed E-state index contributed by atoms with van der Waals surface area (Å²) < 4.78 is 0. The average Bonchev–Trinajstić information content (AvgIpc) is 2.25. The quantitative estimate of drug-likeness (QED) is 0.772. The topological polar surface area (TPSA) is 58.4 Å². The first-order valence-corrected chi connectivity index (χ1v) is 4.92. The van der Waals surface area contributed by atoms with E-state index in [0.29, 0.717) is 0 Å². The summed E-state index contributed by atoms with van der Waals surface area (Å²) in [6, 6.07) is 7.33. The number of carbonyl (C=O) groups is 1. The zero-order chi connectivity index (χ0) is 11.3. The summed E-state index contributed by atoms with van der Waals surface area (Å²) >= 11 is 0. The highest BCUT2D eigenvalue weighted by molar-refractivity contribution is 5.90. The van der Waals surface area contributed by atoms with E-state index in [-0.39, 0.29) is 0 Å². The van der Waals surface area contributed by atoms with Gasteiger partial charge in [0.05, 0.1) is 0 Å². The van der Waals surface area contributed by atoms with Gasteiger partial charge in [-0.05, 0) is 31.6 Å². The van der Waals surface area contributed by atoms with Crippen molar-refractivity contribution in [3.05, 3.63) is 29.8 Å². The second-order valence-corrected chi connectivity index (χ2v) is 3.38. The van der Waals surface area contributed by atoms with Gasteiger partial charge in [0.25, 0.3) is 0 Å². The Labute approximate surface area is 90.1 Å². The fourth-order valence-corrected chi connectivity index (χ4v) is 1.43. The Kier molecular flexibility index (Phi) is 4.12. The monoisotopic (exact) mass is 207 g/mol. The molecular formula is C11H17N3O. The van der Waals surface area contributed by atoms with Gasteiger partial charge in [-0.2, -0.15) is 0 Å². The van der Waals surface area contributed by atoms with E-state index in [1.54, 1.807) is 7.05 Å². The first kappa shape index (κ1) is 11.5. The van der Waals surface area contributed by atoms with Crippen LogP contribution in [0.1, 0.15) is 5.56 Å². The van der Waals surface area contributed by atoms with Gasteiger partial charge in [0.2, 0.25) is 0 Å². The lowest BCUT2D eigenvalue weighted by molar-refractivity contribution is 0.255. The zero-order valence-corrected chi connectivity index (χ0v) is 9.16. The zero-order valence-electron chi connectivity index (χ0n) is 9.16. The molecule has 0 saturated carbocycles. The third kappa shape index (κ3) is 2.95. The first-order valence-electron chi connectivity index (χ1n) is 4.92. The lowest BCUT2D eigenvalue weighted by Gasteiger charge is -2.18. The predicted octanol–water partition coefficient (Wildman–Crippen LogP) is 0.963. The highest BCUT2D eigenvalue weighted by Crippen LogP contribution is 2.19. The molecule has 0 aromatic heterocycles. The molecule has 1 aromatic carbocycles. The smallest absolute Gasteiger partial charge is 0.319 e. The Bertz CT molecular complexity index is 338. The van der Waals surface area contributed by atoms with E-state index in [0.717, 1.165) is 24.2 Å². The molecule has 0 atom stereocenters. The molecule has 1 aromatic rings. The van der Waals surface area contributed by atoms with Crippen LogP contribution in [0.2, 0.25) is 0 Å². The molecule has 82 valence electrons. The van der Waals surface area contributed by atoms with Gasteiger partial charge in [0.1, 0.15) is 0 Å². The SMILES string of the molecule is CNCCc1ccccc1N(C)C(N)=O. The molecule has 0 heterocycles. The van der Waals surface area contributed by atoms with E-state index in [9.17, 15) is 4.79 Å². The summed E-state index contributed by atoms with van der Waals surface area (Å²) in [6.45, 7) is 0.879. The van der Waals surface area contributed by atoms with Crippen molar-refractivity contribution in [2.24, 2.45) is 5.73 Å². The standard InChI is InChI=1S/C11H17N3O/c1-13-8-7-9-5-3-4-6-10(9)14(2)11(12)15/h3-6,13H,7-8H2,1-2H3,(H2,12,15). The Morgan fingerprint density at radius 1 is 1.47 bits per heavy atom. The number of nitrogens with two attached hydrogens (primary N) is 1. The van der Waals surface area contributed by atoms with Crippen LogP contribution in [0.25, 0.3) is 0 Å². The van der Waals surface area contributed by atoms with E-state index in [1.807, 2.05) is 31.3 Å². The number of nitrogens with one attached hydrogen (secondary N) is 1. The molecular weight excluding hydrogens is 190 g/mol. The van der Waals surface area contributed by atoms with Gasteiger partial charge in [-0.15, -0.1) is 0 Å².